The number of rotatable bonds is 17. The Hall–Kier alpha value is -4.16. The zero-order chi connectivity index (χ0) is 34.7. The number of aliphatic hydroxyl groups is 1. The van der Waals surface area contributed by atoms with E-state index in [0.29, 0.717) is 25.2 Å². The third-order valence-corrected chi connectivity index (χ3v) is 7.55. The maximum atomic E-state index is 14.1. The molecule has 3 amide bonds. The maximum absolute atomic E-state index is 14.1. The monoisotopic (exact) mass is 655 g/mol. The highest BCUT2D eigenvalue weighted by atomic mass is 19.1. The van der Waals surface area contributed by atoms with Gasteiger partial charge in [0.25, 0.3) is 11.8 Å². The molecule has 256 valence electrons. The van der Waals surface area contributed by atoms with Crippen LogP contribution in [0, 0.1) is 17.6 Å². The number of oxazole rings is 1. The Bertz CT molecular complexity index is 1470. The predicted octanol–water partition coefficient (Wildman–Crippen LogP) is 4.72. The lowest BCUT2D eigenvalue weighted by atomic mass is 9.97. The number of nitrogens with zero attached hydrogens (tertiary/aromatic N) is 2. The van der Waals surface area contributed by atoms with E-state index in [1.54, 1.807) is 24.8 Å². The molecule has 0 spiro atoms. The fourth-order valence-electron chi connectivity index (χ4n) is 5.03. The number of amides is 3. The topological polar surface area (TPSA) is 137 Å². The smallest absolute Gasteiger partial charge is 0.253 e. The zero-order valence-electron chi connectivity index (χ0n) is 28.0. The highest BCUT2D eigenvalue weighted by Gasteiger charge is 2.31. The SMILES string of the molecule is CCCN(CCC)C(=O)c1cc(C(=O)N[C@@H](Cc2cc(F)cc(F)c2)[C@@H](O)CNC(C)(C)C(=O)NCC(C)C)cc(-c2ncco2)c1. The molecule has 10 nitrogen and oxygen atoms in total. The van der Waals surface area contributed by atoms with Crippen LogP contribution >= 0.6 is 0 Å². The average molecular weight is 656 g/mol. The second-order valence-corrected chi connectivity index (χ2v) is 12.7. The Morgan fingerprint density at radius 1 is 0.957 bits per heavy atom. The van der Waals surface area contributed by atoms with Gasteiger partial charge in [-0.05, 0) is 74.9 Å². The van der Waals surface area contributed by atoms with E-state index >= 15 is 0 Å². The van der Waals surface area contributed by atoms with Gasteiger partial charge in [-0.15, -0.1) is 0 Å². The van der Waals surface area contributed by atoms with Crippen LogP contribution in [0.5, 0.6) is 0 Å². The van der Waals surface area contributed by atoms with Crippen LogP contribution in [-0.2, 0) is 11.2 Å². The molecule has 3 rings (SSSR count). The van der Waals surface area contributed by atoms with E-state index in [9.17, 15) is 28.3 Å². The summed E-state index contributed by atoms with van der Waals surface area (Å²) in [7, 11) is 0. The van der Waals surface area contributed by atoms with Gasteiger partial charge in [0.05, 0.1) is 23.9 Å². The lowest BCUT2D eigenvalue weighted by Gasteiger charge is -2.30. The molecule has 1 heterocycles. The Labute approximate surface area is 275 Å². The number of aromatic nitrogens is 1. The minimum atomic E-state index is -1.29. The van der Waals surface area contributed by atoms with E-state index in [-0.39, 0.29) is 53.3 Å². The minimum absolute atomic E-state index is 0.0981. The molecule has 0 aliphatic carbocycles. The summed E-state index contributed by atoms with van der Waals surface area (Å²) in [4.78, 5) is 46.1. The first-order valence-electron chi connectivity index (χ1n) is 16.0. The number of nitrogens with one attached hydrogen (secondary N) is 3. The van der Waals surface area contributed by atoms with Crippen LogP contribution in [0.25, 0.3) is 11.5 Å². The minimum Gasteiger partial charge on any atom is -0.445 e. The molecular weight excluding hydrogens is 608 g/mol. The summed E-state index contributed by atoms with van der Waals surface area (Å²) in [6.07, 6.45) is 2.92. The average Bonchev–Trinajstić information content (AvgIpc) is 3.56. The molecule has 12 heteroatoms. The number of halogens is 2. The molecule has 1 aromatic heterocycles. The van der Waals surface area contributed by atoms with Crippen LogP contribution in [-0.4, -0.2) is 76.6 Å². The van der Waals surface area contributed by atoms with Crippen molar-refractivity contribution >= 4 is 17.7 Å². The second kappa shape index (κ2) is 17.1. The van der Waals surface area contributed by atoms with E-state index in [1.165, 1.54) is 24.6 Å². The van der Waals surface area contributed by atoms with Gasteiger partial charge in [0.1, 0.15) is 17.9 Å². The molecule has 0 radical (unpaired) electrons. The number of β-amino-alcohol motifs (C(OH)–C–C–N with tert-alkyl or cyclic N) is 1. The summed E-state index contributed by atoms with van der Waals surface area (Å²) in [6, 6.07) is 6.54. The summed E-state index contributed by atoms with van der Waals surface area (Å²) in [6.45, 7) is 12.6. The Balaban J connectivity index is 1.94. The summed E-state index contributed by atoms with van der Waals surface area (Å²) < 4.78 is 33.7. The first-order chi connectivity index (χ1) is 22.2. The number of benzene rings is 2. The van der Waals surface area contributed by atoms with E-state index in [0.717, 1.165) is 31.0 Å². The molecule has 2 aromatic carbocycles. The summed E-state index contributed by atoms with van der Waals surface area (Å²) in [5.41, 5.74) is -0.106. The molecule has 3 aromatic rings. The number of hydrogen-bond donors (Lipinski definition) is 4. The highest BCUT2D eigenvalue weighted by molar-refractivity contribution is 6.01. The van der Waals surface area contributed by atoms with Crippen molar-refractivity contribution in [1.29, 1.82) is 0 Å². The van der Waals surface area contributed by atoms with E-state index in [4.69, 9.17) is 4.42 Å². The van der Waals surface area contributed by atoms with Gasteiger partial charge in [-0.2, -0.15) is 0 Å². The number of hydrogen-bond acceptors (Lipinski definition) is 7. The van der Waals surface area contributed by atoms with Gasteiger partial charge in [-0.3, -0.25) is 14.4 Å². The first kappa shape index (κ1) is 37.3. The van der Waals surface area contributed by atoms with Crippen molar-refractivity contribution < 1.29 is 32.7 Å². The summed E-state index contributed by atoms with van der Waals surface area (Å²) in [5, 5.41) is 20.0. The highest BCUT2D eigenvalue weighted by Crippen LogP contribution is 2.23. The van der Waals surface area contributed by atoms with Crippen LogP contribution in [0.2, 0.25) is 0 Å². The molecule has 0 saturated carbocycles. The molecule has 4 N–H and O–H groups in total. The zero-order valence-corrected chi connectivity index (χ0v) is 28.0. The lowest BCUT2D eigenvalue weighted by Crippen LogP contribution is -2.57. The van der Waals surface area contributed by atoms with Gasteiger partial charge in [-0.25, -0.2) is 13.8 Å². The standard InChI is InChI=1S/C35H47F2N5O5/c1-7-10-42(11-8-2)33(45)26-17-24(16-25(18-26)32-38-9-12-47-32)31(44)41-29(15-23-13-27(36)19-28(37)14-23)30(43)21-40-35(5,6)34(46)39-20-22(3)4/h9,12-14,16-19,22,29-30,40,43H,7-8,10-11,15,20-21H2,1-6H3,(H,39,46)(H,41,44)/t29-,30-/m0/s1. The molecule has 0 unspecified atom stereocenters. The molecule has 0 bridgehead atoms. The van der Waals surface area contributed by atoms with Gasteiger partial charge in [0.15, 0.2) is 0 Å². The first-order valence-corrected chi connectivity index (χ1v) is 16.0. The molecule has 0 saturated heterocycles. The largest absolute Gasteiger partial charge is 0.445 e. The molecule has 0 aliphatic rings. The molecule has 2 atom stereocenters. The molecular formula is C35H47F2N5O5. The third-order valence-electron chi connectivity index (χ3n) is 7.55. The number of carbonyl (C=O) groups is 3. The van der Waals surface area contributed by atoms with Gasteiger partial charge in [-0.1, -0.05) is 27.7 Å². The van der Waals surface area contributed by atoms with Crippen LogP contribution in [0.1, 0.15) is 80.7 Å². The molecule has 47 heavy (non-hydrogen) atoms. The fourth-order valence-corrected chi connectivity index (χ4v) is 5.03. The van der Waals surface area contributed by atoms with Gasteiger partial charge in [0, 0.05) is 48.9 Å². The Morgan fingerprint density at radius 2 is 1.60 bits per heavy atom. The normalized spacial score (nSPS) is 12.9. The lowest BCUT2D eigenvalue weighted by molar-refractivity contribution is -0.126. The Morgan fingerprint density at radius 3 is 2.17 bits per heavy atom. The van der Waals surface area contributed by atoms with Gasteiger partial charge < -0.3 is 30.4 Å². The van der Waals surface area contributed by atoms with Crippen molar-refractivity contribution in [3.8, 4) is 11.5 Å². The van der Waals surface area contributed by atoms with Crippen LogP contribution in [0.4, 0.5) is 8.78 Å². The van der Waals surface area contributed by atoms with Crippen molar-refractivity contribution in [3.05, 3.63) is 77.2 Å². The van der Waals surface area contributed by atoms with Crippen LogP contribution in [0.15, 0.2) is 53.3 Å². The van der Waals surface area contributed by atoms with Crippen LogP contribution in [0.3, 0.4) is 0 Å². The fraction of sp³-hybridized carbons (Fsp3) is 0.486. The van der Waals surface area contributed by atoms with Crippen molar-refractivity contribution in [2.45, 2.75) is 78.5 Å². The second-order valence-electron chi connectivity index (χ2n) is 12.7. The van der Waals surface area contributed by atoms with Crippen molar-refractivity contribution in [3.63, 3.8) is 0 Å². The van der Waals surface area contributed by atoms with E-state index in [1.807, 2.05) is 27.7 Å². The molecule has 0 aliphatic heterocycles. The van der Waals surface area contributed by atoms with Gasteiger partial charge >= 0.3 is 0 Å². The van der Waals surface area contributed by atoms with Crippen molar-refractivity contribution in [2.75, 3.05) is 26.2 Å². The quantitative estimate of drug-likeness (QED) is 0.165. The van der Waals surface area contributed by atoms with Crippen molar-refractivity contribution in [2.24, 2.45) is 5.92 Å². The van der Waals surface area contributed by atoms with E-state index < -0.39 is 35.2 Å². The van der Waals surface area contributed by atoms with E-state index in [2.05, 4.69) is 20.9 Å². The van der Waals surface area contributed by atoms with Crippen molar-refractivity contribution in [1.82, 2.24) is 25.8 Å². The molecule has 0 fully saturated rings. The van der Waals surface area contributed by atoms with Gasteiger partial charge in [0.2, 0.25) is 11.8 Å². The predicted molar refractivity (Wildman–Crippen MR) is 176 cm³/mol. The van der Waals surface area contributed by atoms with Crippen LogP contribution < -0.4 is 16.0 Å². The third kappa shape index (κ3) is 11.0. The Kier molecular flexibility index (Phi) is 13.6. The maximum Gasteiger partial charge on any atom is 0.253 e. The summed E-state index contributed by atoms with van der Waals surface area (Å²) >= 11 is 0. The number of aliphatic hydroxyl groups excluding tert-OH is 1. The number of carbonyl (C=O) groups excluding carboxylic acids is 3. The summed E-state index contributed by atoms with van der Waals surface area (Å²) in [5.74, 6) is -2.32.